The first kappa shape index (κ1) is 34.2. The Morgan fingerprint density at radius 1 is 0.889 bits per heavy atom. The number of carbonyl (C=O) groups excluding carboxylic acids is 1. The number of fused-ring (bicyclic) bond motifs is 2. The largest absolute Gasteiger partial charge is 0.456 e. The second-order valence-corrected chi connectivity index (χ2v) is 13.7. The average Bonchev–Trinajstić information content (AvgIpc) is 3.04. The normalized spacial score (nSPS) is 12.1. The van der Waals surface area contributed by atoms with Crippen molar-refractivity contribution in [2.45, 2.75) is 66.2 Å². The number of nitrogens with zero attached hydrogens (tertiary/aromatic N) is 2. The van der Waals surface area contributed by atoms with Gasteiger partial charge in [-0.15, -0.1) is 0 Å². The molecule has 45 heavy (non-hydrogen) atoms. The standard InChI is InChI=1S/C36H48N4O4S/c1-8-36(6,7)35(41)37-22-15-23-38-45(42,43)33-17-14-13-16-30(33)34-28-20-18-26(39(9-2)10-3)24-31(28)44-32-25-27(19-21-29(32)34)40(11-4)12-5/h13-14,16-21,24-25,38H,8-12,15,22-23H2,1-7H3/p+1. The lowest BCUT2D eigenvalue weighted by atomic mass is 9.89. The summed E-state index contributed by atoms with van der Waals surface area (Å²) in [6.45, 7) is 18.3. The van der Waals surface area contributed by atoms with Gasteiger partial charge in [0.25, 0.3) is 0 Å². The molecular weight excluding hydrogens is 584 g/mol. The number of hydrogen-bond donors (Lipinski definition) is 2. The van der Waals surface area contributed by atoms with Crippen molar-refractivity contribution in [2.75, 3.05) is 44.2 Å². The van der Waals surface area contributed by atoms with Crippen molar-refractivity contribution in [3.05, 3.63) is 66.0 Å². The Bertz CT molecular complexity index is 1780. The Labute approximate surface area is 268 Å². The van der Waals surface area contributed by atoms with E-state index in [9.17, 15) is 13.2 Å². The van der Waals surface area contributed by atoms with E-state index in [1.54, 1.807) is 12.1 Å². The van der Waals surface area contributed by atoms with Gasteiger partial charge in [-0.25, -0.2) is 17.7 Å². The van der Waals surface area contributed by atoms with Crippen molar-refractivity contribution in [1.29, 1.82) is 0 Å². The van der Waals surface area contributed by atoms with E-state index in [1.807, 2.05) is 45.0 Å². The third-order valence-corrected chi connectivity index (χ3v) is 10.3. The molecule has 0 aromatic heterocycles. The maximum atomic E-state index is 13.8. The molecule has 0 saturated heterocycles. The van der Waals surface area contributed by atoms with Crippen LogP contribution in [0.25, 0.3) is 33.4 Å². The molecule has 0 unspecified atom stereocenters. The zero-order valence-electron chi connectivity index (χ0n) is 27.9. The molecule has 2 N–H and O–H groups in total. The van der Waals surface area contributed by atoms with Gasteiger partial charge in [-0.05, 0) is 64.8 Å². The maximum Gasteiger partial charge on any atom is 0.241 e. The summed E-state index contributed by atoms with van der Waals surface area (Å²) >= 11 is 0. The van der Waals surface area contributed by atoms with Crippen LogP contribution >= 0.6 is 0 Å². The first-order chi connectivity index (χ1) is 21.5. The topological polar surface area (TPSA) is 94.7 Å². The minimum absolute atomic E-state index is 0.0280. The molecule has 1 heterocycles. The molecule has 9 heteroatoms. The molecule has 2 aromatic carbocycles. The van der Waals surface area contributed by atoms with Crippen LogP contribution in [0.2, 0.25) is 0 Å². The number of sulfonamides is 1. The van der Waals surface area contributed by atoms with Gasteiger partial charge in [-0.3, -0.25) is 4.79 Å². The fourth-order valence-electron chi connectivity index (χ4n) is 5.61. The van der Waals surface area contributed by atoms with Crippen LogP contribution < -0.4 is 24.9 Å². The van der Waals surface area contributed by atoms with Crippen LogP contribution in [0.3, 0.4) is 0 Å². The molecule has 0 saturated carbocycles. The van der Waals surface area contributed by atoms with Crippen LogP contribution in [0.4, 0.5) is 5.69 Å². The number of amides is 1. The molecular formula is C36H49N4O4S+. The van der Waals surface area contributed by atoms with Crippen LogP contribution in [-0.4, -0.2) is 53.6 Å². The predicted octanol–water partition coefficient (Wildman–Crippen LogP) is 6.08. The summed E-state index contributed by atoms with van der Waals surface area (Å²) in [5, 5.41) is 4.83. The summed E-state index contributed by atoms with van der Waals surface area (Å²) in [5.74, 6) is 0.671. The molecule has 1 aliphatic heterocycles. The van der Waals surface area contributed by atoms with E-state index >= 15 is 0 Å². The minimum Gasteiger partial charge on any atom is -0.456 e. The summed E-state index contributed by atoms with van der Waals surface area (Å²) in [5.41, 5.74) is 3.57. The van der Waals surface area contributed by atoms with Gasteiger partial charge >= 0.3 is 0 Å². The highest BCUT2D eigenvalue weighted by molar-refractivity contribution is 7.89. The molecule has 0 atom stereocenters. The van der Waals surface area contributed by atoms with E-state index in [1.165, 1.54) is 0 Å². The highest BCUT2D eigenvalue weighted by atomic mass is 32.2. The lowest BCUT2D eigenvalue weighted by Gasteiger charge is -2.23. The number of rotatable bonds is 14. The Hall–Kier alpha value is -3.69. The van der Waals surface area contributed by atoms with Crippen LogP contribution in [0, 0.1) is 5.41 Å². The summed E-state index contributed by atoms with van der Waals surface area (Å²) in [7, 11) is -3.88. The molecule has 2 aliphatic rings. The number of hydrogen-bond acceptors (Lipinski definition) is 5. The predicted molar refractivity (Wildman–Crippen MR) is 185 cm³/mol. The first-order valence-corrected chi connectivity index (χ1v) is 17.7. The lowest BCUT2D eigenvalue weighted by Crippen LogP contribution is -2.38. The second kappa shape index (κ2) is 14.6. The van der Waals surface area contributed by atoms with E-state index in [4.69, 9.17) is 4.42 Å². The molecule has 0 radical (unpaired) electrons. The Balaban J connectivity index is 1.80. The molecule has 2 aromatic rings. The molecule has 0 spiro atoms. The van der Waals surface area contributed by atoms with E-state index in [-0.39, 0.29) is 17.3 Å². The van der Waals surface area contributed by atoms with Crippen molar-refractivity contribution in [2.24, 2.45) is 5.41 Å². The van der Waals surface area contributed by atoms with Crippen LogP contribution in [0.5, 0.6) is 0 Å². The molecule has 0 bridgehead atoms. The average molecular weight is 634 g/mol. The molecule has 4 rings (SSSR count). The highest BCUT2D eigenvalue weighted by Gasteiger charge is 2.26. The summed E-state index contributed by atoms with van der Waals surface area (Å²) in [4.78, 5) is 14.9. The zero-order valence-corrected chi connectivity index (χ0v) is 28.7. The van der Waals surface area contributed by atoms with E-state index in [0.717, 1.165) is 60.2 Å². The van der Waals surface area contributed by atoms with E-state index in [0.29, 0.717) is 29.9 Å². The molecule has 0 fully saturated rings. The fourth-order valence-corrected chi connectivity index (χ4v) is 6.90. The number of nitrogens with one attached hydrogen (secondary N) is 2. The smallest absolute Gasteiger partial charge is 0.241 e. The van der Waals surface area contributed by atoms with Crippen molar-refractivity contribution in [3.8, 4) is 22.5 Å². The number of carbonyl (C=O) groups is 1. The highest BCUT2D eigenvalue weighted by Crippen LogP contribution is 2.42. The Kier molecular flexibility index (Phi) is 11.1. The zero-order chi connectivity index (χ0) is 32.8. The molecule has 8 nitrogen and oxygen atoms in total. The molecule has 1 amide bonds. The third-order valence-electron chi connectivity index (χ3n) is 8.82. The van der Waals surface area contributed by atoms with Crippen molar-refractivity contribution in [1.82, 2.24) is 14.6 Å². The van der Waals surface area contributed by atoms with Gasteiger partial charge in [-0.2, -0.15) is 0 Å². The van der Waals surface area contributed by atoms with Gasteiger partial charge in [0.15, 0.2) is 0 Å². The van der Waals surface area contributed by atoms with Crippen molar-refractivity contribution >= 4 is 32.6 Å². The first-order valence-electron chi connectivity index (χ1n) is 16.2. The Morgan fingerprint density at radius 3 is 2.27 bits per heavy atom. The SMILES string of the molecule is CCN(CC)c1ccc2c(-c3ccccc3S(=O)(=O)NCCCNC(=O)C(C)(C)CC)c3ccc(=[N+](CC)CC)cc-3oc2c1. The third kappa shape index (κ3) is 7.42. The van der Waals surface area contributed by atoms with Crippen molar-refractivity contribution < 1.29 is 17.6 Å². The Morgan fingerprint density at radius 2 is 1.60 bits per heavy atom. The lowest BCUT2D eigenvalue weighted by molar-refractivity contribution is -0.129. The van der Waals surface area contributed by atoms with Gasteiger partial charge in [-0.1, -0.05) is 39.0 Å². The van der Waals surface area contributed by atoms with E-state index in [2.05, 4.69) is 71.5 Å². The van der Waals surface area contributed by atoms with Gasteiger partial charge in [0.2, 0.25) is 21.3 Å². The number of anilines is 1. The van der Waals surface area contributed by atoms with Crippen molar-refractivity contribution in [3.63, 3.8) is 0 Å². The van der Waals surface area contributed by atoms with Crippen LogP contribution in [-0.2, 0) is 14.8 Å². The fraction of sp³-hybridized carbons (Fsp3) is 0.444. The molecule has 1 aliphatic carbocycles. The molecule has 242 valence electrons. The monoisotopic (exact) mass is 633 g/mol. The van der Waals surface area contributed by atoms with Crippen LogP contribution in [0.15, 0.2) is 70.0 Å². The minimum atomic E-state index is -3.88. The summed E-state index contributed by atoms with van der Waals surface area (Å²) in [6, 6.07) is 19.5. The van der Waals surface area contributed by atoms with Gasteiger partial charge in [0.05, 0.1) is 11.0 Å². The van der Waals surface area contributed by atoms with Gasteiger partial charge in [0.1, 0.15) is 24.4 Å². The van der Waals surface area contributed by atoms with Crippen LogP contribution in [0.1, 0.15) is 61.3 Å². The van der Waals surface area contributed by atoms with Gasteiger partial charge in [0, 0.05) is 71.5 Å². The maximum absolute atomic E-state index is 13.8. The summed E-state index contributed by atoms with van der Waals surface area (Å²) in [6.07, 6.45) is 1.21. The van der Waals surface area contributed by atoms with Gasteiger partial charge < -0.3 is 14.6 Å². The quantitative estimate of drug-likeness (QED) is 0.0997. The second-order valence-electron chi connectivity index (χ2n) is 11.9. The number of benzene rings is 3. The van der Waals surface area contributed by atoms with E-state index < -0.39 is 15.4 Å². The summed E-state index contributed by atoms with van der Waals surface area (Å²) < 4.78 is 39.2.